The summed E-state index contributed by atoms with van der Waals surface area (Å²) in [6, 6.07) is 13.4. The molecule has 12 nitrogen and oxygen atoms in total. The van der Waals surface area contributed by atoms with E-state index in [0.29, 0.717) is 16.4 Å². The normalized spacial score (nSPS) is 19.6. The first-order valence-electron chi connectivity index (χ1n) is 18.8. The maximum Gasteiger partial charge on any atom is 0.458 e. The third kappa shape index (κ3) is 13.8. The highest BCUT2D eigenvalue weighted by Gasteiger charge is 2.60. The van der Waals surface area contributed by atoms with Gasteiger partial charge in [-0.15, -0.1) is 0 Å². The minimum atomic E-state index is -4.35. The second kappa shape index (κ2) is 22.7. The van der Waals surface area contributed by atoms with Crippen molar-refractivity contribution in [2.75, 3.05) is 25.4 Å². The van der Waals surface area contributed by atoms with Crippen LogP contribution in [0.2, 0.25) is 0 Å². The fourth-order valence-electron chi connectivity index (χ4n) is 5.62. The maximum atomic E-state index is 15.1. The van der Waals surface area contributed by atoms with Gasteiger partial charge in [0.1, 0.15) is 17.7 Å². The largest absolute Gasteiger partial charge is 0.458 e. The van der Waals surface area contributed by atoms with Crippen LogP contribution in [-0.4, -0.2) is 58.4 Å². The lowest BCUT2D eigenvalue weighted by Crippen LogP contribution is -2.42. The van der Waals surface area contributed by atoms with Gasteiger partial charge in [-0.1, -0.05) is 104 Å². The van der Waals surface area contributed by atoms with Crippen LogP contribution in [0.5, 0.6) is 5.75 Å². The van der Waals surface area contributed by atoms with Gasteiger partial charge in [-0.2, -0.15) is 13.8 Å². The van der Waals surface area contributed by atoms with E-state index in [2.05, 4.69) is 77.0 Å². The summed E-state index contributed by atoms with van der Waals surface area (Å²) in [5, 5.41) is 17.3. The number of halogens is 2. The minimum absolute atomic E-state index is 0.0580. The van der Waals surface area contributed by atoms with Gasteiger partial charge in [0, 0.05) is 31.1 Å². The molecule has 1 aliphatic heterocycles. The molecule has 15 heteroatoms. The van der Waals surface area contributed by atoms with Gasteiger partial charge < -0.3 is 25.4 Å². The smallest absolute Gasteiger partial charge is 0.413 e. The molecule has 2 heterocycles. The Morgan fingerprint density at radius 1 is 0.964 bits per heavy atom. The van der Waals surface area contributed by atoms with E-state index in [-0.39, 0.29) is 37.0 Å². The predicted molar refractivity (Wildman–Crippen MR) is 215 cm³/mol. The molecule has 0 aliphatic carbocycles. The molecule has 1 unspecified atom stereocenters. The number of nitrogens with zero attached hydrogens (tertiary/aromatic N) is 2. The van der Waals surface area contributed by atoms with Crippen LogP contribution in [0.1, 0.15) is 64.5 Å². The van der Waals surface area contributed by atoms with Crippen molar-refractivity contribution in [3.05, 3.63) is 126 Å². The number of aromatic nitrogens is 2. The average Bonchev–Trinajstić information content (AvgIpc) is 3.40. The van der Waals surface area contributed by atoms with Crippen LogP contribution in [0.4, 0.5) is 14.6 Å². The highest BCUT2D eigenvalue weighted by Crippen LogP contribution is 2.48. The van der Waals surface area contributed by atoms with Crippen molar-refractivity contribution in [2.24, 2.45) is 0 Å². The first kappa shape index (κ1) is 44.0. The Hall–Kier alpha value is -4.72. The van der Waals surface area contributed by atoms with Gasteiger partial charge in [0.2, 0.25) is 12.1 Å². The first-order valence-corrected chi connectivity index (χ1v) is 20.3. The van der Waals surface area contributed by atoms with E-state index >= 15 is 8.78 Å². The number of carbonyl (C=O) groups is 1. The minimum Gasteiger partial charge on any atom is -0.413 e. The highest BCUT2D eigenvalue weighted by atomic mass is 31.2. The van der Waals surface area contributed by atoms with Crippen molar-refractivity contribution in [3.8, 4) is 5.75 Å². The number of anilines is 1. The van der Waals surface area contributed by atoms with Crippen molar-refractivity contribution >= 4 is 30.2 Å². The molecule has 0 bridgehead atoms. The van der Waals surface area contributed by atoms with Gasteiger partial charge in [-0.3, -0.25) is 13.9 Å². The van der Waals surface area contributed by atoms with Crippen molar-refractivity contribution < 1.29 is 37.0 Å². The number of nitrogens with one attached hydrogen (secondary N) is 2. The van der Waals surface area contributed by atoms with Crippen LogP contribution in [-0.2, 0) is 18.6 Å². The molecule has 4 rings (SSSR count). The van der Waals surface area contributed by atoms with E-state index in [1.807, 2.05) is 24.3 Å². The second-order valence-electron chi connectivity index (χ2n) is 12.9. The molecular weight excluding hydrogens is 743 g/mol. The van der Waals surface area contributed by atoms with Gasteiger partial charge >= 0.3 is 19.4 Å². The molecule has 0 radical (unpaired) electrons. The Balaban J connectivity index is 1.23. The summed E-state index contributed by atoms with van der Waals surface area (Å²) >= 11 is 0. The molecule has 1 saturated heterocycles. The van der Waals surface area contributed by atoms with E-state index in [9.17, 15) is 19.3 Å². The fourth-order valence-corrected chi connectivity index (χ4v) is 6.98. The second-order valence-corrected chi connectivity index (χ2v) is 14.7. The molecule has 4 atom stereocenters. The lowest BCUT2D eigenvalue weighted by molar-refractivity contribution is -0.140. The zero-order valence-electron chi connectivity index (χ0n) is 31.6. The van der Waals surface area contributed by atoms with Gasteiger partial charge in [-0.25, -0.2) is 14.4 Å². The van der Waals surface area contributed by atoms with Gasteiger partial charge in [-0.05, 0) is 62.5 Å². The first-order chi connectivity index (χ1) is 27.0. The molecule has 0 spiro atoms. The molecule has 1 aliphatic rings. The molecule has 2 aromatic carbocycles. The molecule has 3 aromatic rings. The number of hydrogen-bond acceptors (Lipinski definition) is 9. The Bertz CT molecular complexity index is 1960. The summed E-state index contributed by atoms with van der Waals surface area (Å²) in [5.41, 5.74) is 4.37. The Labute approximate surface area is 326 Å². The Kier molecular flexibility index (Phi) is 17.9. The van der Waals surface area contributed by atoms with Gasteiger partial charge in [0.05, 0.1) is 6.61 Å². The summed E-state index contributed by atoms with van der Waals surface area (Å²) in [5.74, 6) is -4.13. The van der Waals surface area contributed by atoms with E-state index < -0.39 is 44.4 Å². The number of ether oxygens (including phenoxy) is 1. The molecule has 1 fully saturated rings. The zero-order valence-corrected chi connectivity index (χ0v) is 32.4. The summed E-state index contributed by atoms with van der Waals surface area (Å²) < 4.78 is 61.7. The van der Waals surface area contributed by atoms with Crippen LogP contribution in [0.25, 0.3) is 10.8 Å². The molecular formula is C41H52F2N5O7P. The number of carbonyl (C=O) groups excluding carboxylic acids is 1. The third-order valence-corrected chi connectivity index (χ3v) is 10.1. The van der Waals surface area contributed by atoms with Gasteiger partial charge in [0.15, 0.2) is 6.10 Å². The van der Waals surface area contributed by atoms with Crippen LogP contribution < -0.4 is 26.4 Å². The number of unbranched alkanes of at least 4 members (excludes halogenated alkanes) is 1. The summed E-state index contributed by atoms with van der Waals surface area (Å²) in [7, 11) is -4.35. The molecule has 302 valence electrons. The summed E-state index contributed by atoms with van der Waals surface area (Å²) in [4.78, 5) is 28.2. The van der Waals surface area contributed by atoms with Crippen molar-refractivity contribution in [3.63, 3.8) is 0 Å². The Morgan fingerprint density at radius 2 is 1.61 bits per heavy atom. The van der Waals surface area contributed by atoms with E-state index in [1.165, 1.54) is 0 Å². The number of alkyl halides is 2. The lowest BCUT2D eigenvalue weighted by Gasteiger charge is -2.23. The zero-order chi connectivity index (χ0) is 40.2. The number of nitrogen functional groups attached to an aromatic ring is 1. The lowest BCUT2D eigenvalue weighted by atomic mass is 10.1. The Morgan fingerprint density at radius 3 is 2.29 bits per heavy atom. The topological polar surface area (TPSA) is 167 Å². The number of amides is 1. The third-order valence-electron chi connectivity index (χ3n) is 8.55. The number of hydrogen-bond donors (Lipinski definition) is 4. The van der Waals surface area contributed by atoms with Gasteiger partial charge in [0.25, 0.3) is 0 Å². The van der Waals surface area contributed by atoms with Crippen LogP contribution in [0.3, 0.4) is 0 Å². The van der Waals surface area contributed by atoms with Crippen LogP contribution in [0.15, 0.2) is 120 Å². The monoisotopic (exact) mass is 795 g/mol. The number of fused-ring (bicyclic) bond motifs is 1. The SMILES string of the molecule is CC/C=C/C/C=C\C/C=C\C/C=C\C/C=C\CCCC(=O)NCCNP(=O)(OC[C@H]1O[C@@H](n2ccc(N)nc2=O)C(F)(F)[C@@H]1O)Oc1cccc2ccccc12. The van der Waals surface area contributed by atoms with Crippen molar-refractivity contribution in [1.82, 2.24) is 20.0 Å². The fraction of sp³-hybridized carbons (Fsp3) is 0.390. The number of aliphatic hydroxyl groups is 1. The van der Waals surface area contributed by atoms with Crippen molar-refractivity contribution in [1.29, 1.82) is 0 Å². The standard InChI is InChI=1S/C41H52F2N5O7P/c1-2-3-4-5-6-7-8-9-10-11-12-13-14-15-16-17-18-26-37(49)45-28-29-46-56(52,55-34-25-21-23-32-22-19-20-24-33(32)34)53-31-35-38(50)41(42,43)39(54-35)48-30-27-36(44)47-40(48)51/h3-4,6-7,9-10,12-13,15-16,19-25,27,30,35,38-39,50H,2,5,8,11,14,17-18,26,28-29,31H2,1H3,(H,45,49)(H,46,52)(H2,44,47,51)/b4-3+,7-6-,10-9-,13-12-,16-15-/t35-,38-,39-,56?/m1/s1. The van der Waals surface area contributed by atoms with E-state index in [1.54, 1.807) is 24.3 Å². The summed E-state index contributed by atoms with van der Waals surface area (Å²) in [6.07, 6.45) is 22.2. The quantitative estimate of drug-likeness (QED) is 0.0424. The molecule has 0 saturated carbocycles. The number of allylic oxidation sites excluding steroid dienone is 10. The highest BCUT2D eigenvalue weighted by molar-refractivity contribution is 7.52. The van der Waals surface area contributed by atoms with Crippen LogP contribution in [0, 0.1) is 0 Å². The van der Waals surface area contributed by atoms with E-state index in [0.717, 1.165) is 56.2 Å². The average molecular weight is 796 g/mol. The number of nitrogens with two attached hydrogens (primary N) is 1. The number of benzene rings is 2. The number of aliphatic hydroxyl groups excluding tert-OH is 1. The summed E-state index contributed by atoms with van der Waals surface area (Å²) in [6.45, 7) is 1.31. The molecule has 1 aromatic heterocycles. The molecule has 56 heavy (non-hydrogen) atoms. The maximum absolute atomic E-state index is 15.1. The van der Waals surface area contributed by atoms with Crippen LogP contribution >= 0.6 is 7.75 Å². The predicted octanol–water partition coefficient (Wildman–Crippen LogP) is 7.70. The number of rotatable bonds is 23. The van der Waals surface area contributed by atoms with Crippen molar-refractivity contribution in [2.45, 2.75) is 82.6 Å². The molecule has 5 N–H and O–H groups in total. The van der Waals surface area contributed by atoms with E-state index in [4.69, 9.17) is 19.5 Å². The molecule has 1 amide bonds.